The number of unbranched alkanes of at least 4 members (excludes halogenated alkanes) is 1. The first-order chi connectivity index (χ1) is 13.5. The van der Waals surface area contributed by atoms with Gasteiger partial charge < -0.3 is 0 Å². The minimum atomic E-state index is -1.13. The molecule has 0 aliphatic heterocycles. The summed E-state index contributed by atoms with van der Waals surface area (Å²) in [4.78, 5) is 0. The maximum Gasteiger partial charge on any atom is 0.159 e. The molecule has 0 nitrogen and oxygen atoms in total. The Morgan fingerprint density at radius 1 is 0.786 bits per heavy atom. The van der Waals surface area contributed by atoms with Gasteiger partial charge in [-0.15, -0.1) is 0 Å². The van der Waals surface area contributed by atoms with Gasteiger partial charge >= 0.3 is 0 Å². The molecule has 144 valence electrons. The van der Waals surface area contributed by atoms with Gasteiger partial charge in [-0.05, 0) is 77.3 Å². The van der Waals surface area contributed by atoms with Crippen LogP contribution in [0.1, 0.15) is 36.5 Å². The van der Waals surface area contributed by atoms with E-state index in [4.69, 9.17) is 0 Å². The normalized spacial score (nSPS) is 12.6. The lowest BCUT2D eigenvalue weighted by Gasteiger charge is -2.23. The maximum absolute atomic E-state index is 15.2. The number of rotatable bonds is 4. The smallest absolute Gasteiger partial charge is 0.159 e. The molecule has 0 fully saturated rings. The highest BCUT2D eigenvalue weighted by Gasteiger charge is 2.25. The van der Waals surface area contributed by atoms with Crippen LogP contribution in [0.2, 0.25) is 0 Å². The zero-order valence-corrected chi connectivity index (χ0v) is 15.6. The first-order valence-corrected chi connectivity index (χ1v) is 9.58. The second-order valence-corrected chi connectivity index (χ2v) is 7.30. The van der Waals surface area contributed by atoms with E-state index in [2.05, 4.69) is 13.0 Å². The first kappa shape index (κ1) is 18.7. The Morgan fingerprint density at radius 3 is 2.36 bits per heavy atom. The third-order valence-electron chi connectivity index (χ3n) is 5.45. The van der Waals surface area contributed by atoms with Crippen LogP contribution in [0, 0.1) is 23.3 Å². The molecule has 0 bridgehead atoms. The van der Waals surface area contributed by atoms with Gasteiger partial charge in [0.15, 0.2) is 11.6 Å². The number of fused-ring (bicyclic) bond motifs is 3. The molecular weight excluding hydrogens is 364 g/mol. The van der Waals surface area contributed by atoms with Crippen LogP contribution in [0.15, 0.2) is 42.5 Å². The summed E-state index contributed by atoms with van der Waals surface area (Å²) in [5.74, 6) is -3.64. The summed E-state index contributed by atoms with van der Waals surface area (Å²) in [6, 6.07) is 10.3. The Balaban J connectivity index is 1.81. The highest BCUT2D eigenvalue weighted by molar-refractivity contribution is 5.78. The molecule has 3 aromatic rings. The summed E-state index contributed by atoms with van der Waals surface area (Å²) in [6.07, 6.45) is 4.33. The van der Waals surface area contributed by atoms with Gasteiger partial charge in [0.2, 0.25) is 0 Å². The van der Waals surface area contributed by atoms with Crippen LogP contribution >= 0.6 is 0 Å². The monoisotopic (exact) mass is 384 g/mol. The Hall–Kier alpha value is -2.62. The first-order valence-electron chi connectivity index (χ1n) is 9.58. The average Bonchev–Trinajstić information content (AvgIpc) is 2.68. The summed E-state index contributed by atoms with van der Waals surface area (Å²) in [5.41, 5.74) is 3.85. The molecule has 0 N–H and O–H groups in total. The van der Waals surface area contributed by atoms with Crippen LogP contribution in [0.3, 0.4) is 0 Å². The predicted molar refractivity (Wildman–Crippen MR) is 103 cm³/mol. The second-order valence-electron chi connectivity index (χ2n) is 7.30. The fourth-order valence-corrected chi connectivity index (χ4v) is 3.97. The van der Waals surface area contributed by atoms with E-state index in [9.17, 15) is 13.2 Å². The van der Waals surface area contributed by atoms with Gasteiger partial charge in [-0.1, -0.05) is 37.6 Å². The third kappa shape index (κ3) is 3.21. The van der Waals surface area contributed by atoms with Crippen molar-refractivity contribution in [1.82, 2.24) is 0 Å². The number of halogens is 4. The SMILES string of the molecule is CCCCc1ccc2c(c1)CCc1c-2cc(F)c(-c2ccc(F)c(F)c2)c1F. The van der Waals surface area contributed by atoms with E-state index >= 15 is 4.39 Å². The number of benzene rings is 3. The van der Waals surface area contributed by atoms with Crippen molar-refractivity contribution in [3.63, 3.8) is 0 Å². The Bertz CT molecular complexity index is 1050. The minimum absolute atomic E-state index is 0.00240. The van der Waals surface area contributed by atoms with Crippen molar-refractivity contribution >= 4 is 0 Å². The van der Waals surface area contributed by atoms with Crippen molar-refractivity contribution in [1.29, 1.82) is 0 Å². The second kappa shape index (κ2) is 7.42. The average molecular weight is 384 g/mol. The number of hydrogen-bond donors (Lipinski definition) is 0. The molecule has 1 aliphatic rings. The summed E-state index contributed by atoms with van der Waals surface area (Å²) in [6.45, 7) is 2.14. The van der Waals surface area contributed by atoms with E-state index in [1.807, 2.05) is 12.1 Å². The summed E-state index contributed by atoms with van der Waals surface area (Å²) < 4.78 is 56.8. The van der Waals surface area contributed by atoms with Gasteiger partial charge in [0.1, 0.15) is 11.6 Å². The maximum atomic E-state index is 15.2. The van der Waals surface area contributed by atoms with Gasteiger partial charge in [0, 0.05) is 0 Å². The highest BCUT2D eigenvalue weighted by atomic mass is 19.2. The lowest BCUT2D eigenvalue weighted by Crippen LogP contribution is -2.09. The molecule has 0 saturated carbocycles. The Kier molecular flexibility index (Phi) is 4.96. The van der Waals surface area contributed by atoms with Crippen molar-refractivity contribution < 1.29 is 17.6 Å². The van der Waals surface area contributed by atoms with Gasteiger partial charge in [-0.25, -0.2) is 17.6 Å². The van der Waals surface area contributed by atoms with E-state index < -0.39 is 23.3 Å². The van der Waals surface area contributed by atoms with Crippen molar-refractivity contribution in [2.24, 2.45) is 0 Å². The van der Waals surface area contributed by atoms with E-state index in [0.717, 1.165) is 42.5 Å². The molecule has 0 amide bonds. The molecule has 0 aromatic heterocycles. The molecule has 0 radical (unpaired) electrons. The molecule has 0 spiro atoms. The zero-order chi connectivity index (χ0) is 19.8. The molecule has 0 unspecified atom stereocenters. The summed E-state index contributed by atoms with van der Waals surface area (Å²) in [7, 11) is 0. The number of hydrogen-bond acceptors (Lipinski definition) is 0. The van der Waals surface area contributed by atoms with Crippen LogP contribution in [-0.2, 0) is 19.3 Å². The highest BCUT2D eigenvalue weighted by Crippen LogP contribution is 2.40. The van der Waals surface area contributed by atoms with Crippen LogP contribution in [0.5, 0.6) is 0 Å². The van der Waals surface area contributed by atoms with E-state index in [-0.39, 0.29) is 11.1 Å². The third-order valence-corrected chi connectivity index (χ3v) is 5.45. The minimum Gasteiger partial charge on any atom is -0.206 e. The molecule has 1 aliphatic carbocycles. The van der Waals surface area contributed by atoms with Crippen LogP contribution < -0.4 is 0 Å². The molecule has 3 aromatic carbocycles. The zero-order valence-electron chi connectivity index (χ0n) is 15.6. The fraction of sp³-hybridized carbons (Fsp3) is 0.250. The van der Waals surface area contributed by atoms with Gasteiger partial charge in [-0.2, -0.15) is 0 Å². The molecule has 0 atom stereocenters. The predicted octanol–water partition coefficient (Wildman–Crippen LogP) is 7.02. The molecule has 4 heteroatoms. The van der Waals surface area contributed by atoms with E-state index in [1.165, 1.54) is 17.7 Å². The van der Waals surface area contributed by atoms with E-state index in [1.54, 1.807) is 0 Å². The van der Waals surface area contributed by atoms with Gasteiger partial charge in [0.25, 0.3) is 0 Å². The Labute approximate surface area is 161 Å². The van der Waals surface area contributed by atoms with Crippen molar-refractivity contribution in [2.75, 3.05) is 0 Å². The Morgan fingerprint density at radius 2 is 1.61 bits per heavy atom. The topological polar surface area (TPSA) is 0 Å². The van der Waals surface area contributed by atoms with Gasteiger partial charge in [0.05, 0.1) is 5.56 Å². The largest absolute Gasteiger partial charge is 0.206 e. The van der Waals surface area contributed by atoms with Gasteiger partial charge in [-0.3, -0.25) is 0 Å². The molecule has 4 rings (SSSR count). The van der Waals surface area contributed by atoms with E-state index in [0.29, 0.717) is 24.0 Å². The fourth-order valence-electron chi connectivity index (χ4n) is 3.97. The van der Waals surface area contributed by atoms with Crippen LogP contribution in [-0.4, -0.2) is 0 Å². The van der Waals surface area contributed by atoms with Crippen molar-refractivity contribution in [3.8, 4) is 22.3 Å². The standard InChI is InChI=1S/C24H20F4/c1-2-3-4-14-5-8-17-15(11-14)6-9-18-19(17)13-22(27)23(24(18)28)16-7-10-20(25)21(26)12-16/h5,7-8,10-13H,2-4,6,9H2,1H3. The quantitative estimate of drug-likeness (QED) is 0.424. The van der Waals surface area contributed by atoms with Crippen LogP contribution in [0.4, 0.5) is 17.6 Å². The summed E-state index contributed by atoms with van der Waals surface area (Å²) in [5, 5.41) is 0. The number of aryl methyl sites for hydroxylation is 2. The van der Waals surface area contributed by atoms with Crippen LogP contribution in [0.25, 0.3) is 22.3 Å². The lowest BCUT2D eigenvalue weighted by atomic mass is 9.82. The molecule has 0 heterocycles. The lowest BCUT2D eigenvalue weighted by molar-refractivity contribution is 0.508. The van der Waals surface area contributed by atoms with Crippen molar-refractivity contribution in [2.45, 2.75) is 39.0 Å². The molecule has 28 heavy (non-hydrogen) atoms. The summed E-state index contributed by atoms with van der Waals surface area (Å²) >= 11 is 0. The molecule has 0 saturated heterocycles. The molecular formula is C24H20F4. The van der Waals surface area contributed by atoms with Crippen molar-refractivity contribution in [3.05, 3.63) is 82.4 Å².